The van der Waals surface area contributed by atoms with Crippen LogP contribution in [-0.4, -0.2) is 12.6 Å². The molecule has 124 valence electrons. The number of carbonyl (C=O) groups excluding carboxylic acids is 1. The number of rotatable bonds is 12. The van der Waals surface area contributed by atoms with E-state index >= 15 is 0 Å². The van der Waals surface area contributed by atoms with Crippen LogP contribution in [0.2, 0.25) is 0 Å². The average molecular weight is 305 g/mol. The van der Waals surface area contributed by atoms with Gasteiger partial charge in [-0.3, -0.25) is 0 Å². The highest BCUT2D eigenvalue weighted by atomic mass is 16.5. The van der Waals surface area contributed by atoms with Crippen LogP contribution in [0, 0.1) is 0 Å². The number of ether oxygens (including phenoxy) is 1. The predicted octanol–water partition coefficient (Wildman–Crippen LogP) is 5.70. The summed E-state index contributed by atoms with van der Waals surface area (Å²) in [5, 5.41) is 2.80. The monoisotopic (exact) mass is 305 g/mol. The highest BCUT2D eigenvalue weighted by molar-refractivity contribution is 5.70. The van der Waals surface area contributed by atoms with Gasteiger partial charge in [-0.1, -0.05) is 82.9 Å². The van der Waals surface area contributed by atoms with Gasteiger partial charge in [0.15, 0.2) is 0 Å². The minimum atomic E-state index is -0.359. The third kappa shape index (κ3) is 10.3. The summed E-state index contributed by atoms with van der Waals surface area (Å²) in [6, 6.07) is 9.16. The van der Waals surface area contributed by atoms with Gasteiger partial charge >= 0.3 is 6.09 Å². The van der Waals surface area contributed by atoms with Crippen molar-refractivity contribution in [1.82, 2.24) is 5.32 Å². The number of unbranched alkanes of at least 4 members (excludes halogenated alkanes) is 9. The van der Waals surface area contributed by atoms with Gasteiger partial charge in [-0.25, -0.2) is 4.79 Å². The zero-order valence-corrected chi connectivity index (χ0v) is 14.0. The van der Waals surface area contributed by atoms with E-state index in [9.17, 15) is 4.79 Å². The van der Waals surface area contributed by atoms with E-state index in [-0.39, 0.29) is 6.09 Å². The minimum absolute atomic E-state index is 0.359. The van der Waals surface area contributed by atoms with Gasteiger partial charge in [0.2, 0.25) is 0 Å². The maximum absolute atomic E-state index is 11.5. The van der Waals surface area contributed by atoms with Crippen LogP contribution >= 0.6 is 0 Å². The molecule has 0 spiro atoms. The van der Waals surface area contributed by atoms with Gasteiger partial charge in [-0.2, -0.15) is 0 Å². The van der Waals surface area contributed by atoms with Crippen molar-refractivity contribution in [2.75, 3.05) is 6.54 Å². The van der Waals surface area contributed by atoms with Crippen molar-refractivity contribution in [1.29, 1.82) is 0 Å². The summed E-state index contributed by atoms with van der Waals surface area (Å²) in [6.45, 7) is 2.95. The lowest BCUT2D eigenvalue weighted by atomic mass is 10.1. The molecule has 0 saturated heterocycles. The fourth-order valence-corrected chi connectivity index (χ4v) is 2.43. The molecule has 1 rings (SSSR count). The van der Waals surface area contributed by atoms with Crippen molar-refractivity contribution < 1.29 is 9.53 Å². The first-order valence-electron chi connectivity index (χ1n) is 8.83. The molecule has 0 fully saturated rings. The molecule has 0 heterocycles. The molecule has 1 aromatic rings. The van der Waals surface area contributed by atoms with E-state index in [1.165, 1.54) is 57.8 Å². The zero-order valence-electron chi connectivity index (χ0n) is 14.0. The highest BCUT2D eigenvalue weighted by Crippen LogP contribution is 2.10. The summed E-state index contributed by atoms with van der Waals surface area (Å²) >= 11 is 0. The Bertz CT molecular complexity index is 378. The second-order valence-electron chi connectivity index (χ2n) is 5.81. The Morgan fingerprint density at radius 3 is 2.00 bits per heavy atom. The lowest BCUT2D eigenvalue weighted by molar-refractivity contribution is 0.200. The van der Waals surface area contributed by atoms with Crippen molar-refractivity contribution >= 4 is 6.09 Å². The van der Waals surface area contributed by atoms with Gasteiger partial charge in [0.25, 0.3) is 0 Å². The van der Waals surface area contributed by atoms with Crippen LogP contribution in [0.3, 0.4) is 0 Å². The Morgan fingerprint density at radius 1 is 0.864 bits per heavy atom. The molecule has 22 heavy (non-hydrogen) atoms. The van der Waals surface area contributed by atoms with Crippen LogP contribution in [0.15, 0.2) is 30.3 Å². The topological polar surface area (TPSA) is 38.3 Å². The maximum atomic E-state index is 11.5. The number of amides is 1. The molecular weight excluding hydrogens is 274 g/mol. The first-order chi connectivity index (χ1) is 10.8. The Kier molecular flexibility index (Phi) is 11.1. The summed E-state index contributed by atoms with van der Waals surface area (Å²) in [7, 11) is 0. The Labute approximate surface area is 135 Å². The summed E-state index contributed by atoms with van der Waals surface area (Å²) < 4.78 is 5.16. The van der Waals surface area contributed by atoms with E-state index in [0.717, 1.165) is 6.42 Å². The molecule has 0 atom stereocenters. The molecule has 0 aromatic heterocycles. The summed E-state index contributed by atoms with van der Waals surface area (Å²) in [5.41, 5.74) is 0. The highest BCUT2D eigenvalue weighted by Gasteiger charge is 2.02. The number of benzene rings is 1. The van der Waals surface area contributed by atoms with Crippen LogP contribution in [0.1, 0.15) is 71.1 Å². The predicted molar refractivity (Wildman–Crippen MR) is 92.3 cm³/mol. The number of carbonyl (C=O) groups is 1. The molecule has 0 unspecified atom stereocenters. The number of para-hydroxylation sites is 1. The van der Waals surface area contributed by atoms with Gasteiger partial charge in [0.1, 0.15) is 5.75 Å². The van der Waals surface area contributed by atoms with E-state index < -0.39 is 0 Å². The normalized spacial score (nSPS) is 10.4. The van der Waals surface area contributed by atoms with E-state index in [1.54, 1.807) is 12.1 Å². The molecule has 3 heteroatoms. The summed E-state index contributed by atoms with van der Waals surface area (Å²) in [6.07, 6.45) is 12.6. The molecule has 0 bridgehead atoms. The molecule has 0 saturated carbocycles. The van der Waals surface area contributed by atoms with Gasteiger partial charge in [-0.15, -0.1) is 0 Å². The molecule has 3 nitrogen and oxygen atoms in total. The van der Waals surface area contributed by atoms with Crippen LogP contribution in [0.25, 0.3) is 0 Å². The SMILES string of the molecule is CCCCCCCCCCCCNC(=O)Oc1ccccc1. The molecular formula is C19H31NO2. The first-order valence-corrected chi connectivity index (χ1v) is 8.83. The lowest BCUT2D eigenvalue weighted by Gasteiger charge is -2.06. The largest absolute Gasteiger partial charge is 0.412 e. The quantitative estimate of drug-likeness (QED) is 0.503. The molecule has 0 aliphatic rings. The minimum Gasteiger partial charge on any atom is -0.410 e. The van der Waals surface area contributed by atoms with Crippen molar-refractivity contribution in [3.63, 3.8) is 0 Å². The summed E-state index contributed by atoms with van der Waals surface area (Å²) in [5.74, 6) is 0.586. The molecule has 0 aliphatic carbocycles. The third-order valence-corrected chi connectivity index (χ3v) is 3.75. The smallest absolute Gasteiger partial charge is 0.410 e. The number of hydrogen-bond donors (Lipinski definition) is 1. The van der Waals surface area contributed by atoms with Crippen molar-refractivity contribution in [2.45, 2.75) is 71.1 Å². The van der Waals surface area contributed by atoms with Gasteiger partial charge in [0.05, 0.1) is 0 Å². The first kappa shape index (κ1) is 18.5. The molecule has 0 radical (unpaired) electrons. The van der Waals surface area contributed by atoms with E-state index in [0.29, 0.717) is 12.3 Å². The molecule has 0 aliphatic heterocycles. The lowest BCUT2D eigenvalue weighted by Crippen LogP contribution is -2.27. The van der Waals surface area contributed by atoms with E-state index in [4.69, 9.17) is 4.74 Å². The average Bonchev–Trinajstić information content (AvgIpc) is 2.53. The van der Waals surface area contributed by atoms with Gasteiger partial charge < -0.3 is 10.1 Å². The zero-order chi connectivity index (χ0) is 15.9. The molecule has 1 N–H and O–H groups in total. The molecule has 1 amide bonds. The number of nitrogens with one attached hydrogen (secondary N) is 1. The van der Waals surface area contributed by atoms with Crippen LogP contribution in [0.4, 0.5) is 4.79 Å². The standard InChI is InChI=1S/C19H31NO2/c1-2-3-4-5-6-7-8-9-10-14-17-20-19(21)22-18-15-12-11-13-16-18/h11-13,15-16H,2-10,14,17H2,1H3,(H,20,21). The van der Waals surface area contributed by atoms with Gasteiger partial charge in [-0.05, 0) is 18.6 Å². The molecule has 1 aromatic carbocycles. The number of hydrogen-bond acceptors (Lipinski definition) is 2. The third-order valence-electron chi connectivity index (χ3n) is 3.75. The Morgan fingerprint density at radius 2 is 1.41 bits per heavy atom. The van der Waals surface area contributed by atoms with E-state index in [2.05, 4.69) is 12.2 Å². The van der Waals surface area contributed by atoms with E-state index in [1.807, 2.05) is 18.2 Å². The second kappa shape index (κ2) is 13.2. The van der Waals surface area contributed by atoms with Crippen molar-refractivity contribution in [2.24, 2.45) is 0 Å². The van der Waals surface area contributed by atoms with Crippen molar-refractivity contribution in [3.8, 4) is 5.75 Å². The summed E-state index contributed by atoms with van der Waals surface area (Å²) in [4.78, 5) is 11.5. The Hall–Kier alpha value is -1.51. The van der Waals surface area contributed by atoms with Crippen LogP contribution < -0.4 is 10.1 Å². The van der Waals surface area contributed by atoms with Crippen LogP contribution in [-0.2, 0) is 0 Å². The second-order valence-corrected chi connectivity index (χ2v) is 5.81. The van der Waals surface area contributed by atoms with Gasteiger partial charge in [0, 0.05) is 6.54 Å². The van der Waals surface area contributed by atoms with Crippen LogP contribution in [0.5, 0.6) is 5.75 Å². The Balaban J connectivity index is 1.86. The van der Waals surface area contributed by atoms with Crippen molar-refractivity contribution in [3.05, 3.63) is 30.3 Å². The fraction of sp³-hybridized carbons (Fsp3) is 0.632. The maximum Gasteiger partial charge on any atom is 0.412 e. The fourth-order valence-electron chi connectivity index (χ4n) is 2.43.